The molecule has 2 rings (SSSR count). The van der Waals surface area contributed by atoms with Gasteiger partial charge in [0.05, 0.1) is 0 Å². The lowest BCUT2D eigenvalue weighted by Crippen LogP contribution is -2.57. The second kappa shape index (κ2) is 12.5. The molecule has 2 atom stereocenters. The van der Waals surface area contributed by atoms with Crippen molar-refractivity contribution in [1.29, 1.82) is 0 Å². The standard InChI is InChI=1S/C31H45N3O5/c1-19(2)34(26(27(36)33-30(5,6)7)23-14-11-20(3)21(4)17-23)28(37)25(32-29(38)39-31(8,9)10)18-22-12-15-24(35)16-13-22/h11-17,19,25-26,35H,18H2,1-10H3,(H,32,38)(H,33,36). The largest absolute Gasteiger partial charge is 0.508 e. The molecule has 0 aliphatic carbocycles. The van der Waals surface area contributed by atoms with E-state index in [0.29, 0.717) is 5.56 Å². The van der Waals surface area contributed by atoms with E-state index in [1.165, 1.54) is 17.0 Å². The van der Waals surface area contributed by atoms with Crippen molar-refractivity contribution in [3.05, 3.63) is 64.7 Å². The number of nitrogens with one attached hydrogen (secondary N) is 2. The third-order valence-electron chi connectivity index (χ3n) is 6.05. The molecule has 0 aliphatic rings. The summed E-state index contributed by atoms with van der Waals surface area (Å²) in [5.74, 6) is -0.635. The smallest absolute Gasteiger partial charge is 0.408 e. The highest BCUT2D eigenvalue weighted by atomic mass is 16.6. The third-order valence-corrected chi connectivity index (χ3v) is 6.05. The lowest BCUT2D eigenvalue weighted by atomic mass is 9.95. The number of ether oxygens (including phenoxy) is 1. The van der Waals surface area contributed by atoms with Gasteiger partial charge in [0.15, 0.2) is 0 Å². The summed E-state index contributed by atoms with van der Waals surface area (Å²) in [4.78, 5) is 42.5. The van der Waals surface area contributed by atoms with Crippen LogP contribution >= 0.6 is 0 Å². The lowest BCUT2D eigenvalue weighted by molar-refractivity contribution is -0.145. The van der Waals surface area contributed by atoms with Gasteiger partial charge >= 0.3 is 6.09 Å². The summed E-state index contributed by atoms with van der Waals surface area (Å²) >= 11 is 0. The highest BCUT2D eigenvalue weighted by molar-refractivity contribution is 5.92. The molecule has 2 aromatic rings. The molecule has 3 N–H and O–H groups in total. The summed E-state index contributed by atoms with van der Waals surface area (Å²) in [6, 6.07) is 9.85. The summed E-state index contributed by atoms with van der Waals surface area (Å²) in [6.07, 6.45) is -0.590. The fourth-order valence-corrected chi connectivity index (χ4v) is 4.19. The molecular formula is C31H45N3O5. The van der Waals surface area contributed by atoms with Crippen molar-refractivity contribution < 1.29 is 24.2 Å². The molecule has 0 fully saturated rings. The van der Waals surface area contributed by atoms with Crippen LogP contribution in [0.2, 0.25) is 0 Å². The first-order valence-electron chi connectivity index (χ1n) is 13.4. The fraction of sp³-hybridized carbons (Fsp3) is 0.516. The van der Waals surface area contributed by atoms with Crippen LogP contribution in [0.25, 0.3) is 0 Å². The number of phenols is 1. The molecule has 2 aromatic carbocycles. The Hall–Kier alpha value is -3.55. The van der Waals surface area contributed by atoms with Crippen molar-refractivity contribution in [3.8, 4) is 5.75 Å². The number of hydrogen-bond acceptors (Lipinski definition) is 5. The summed E-state index contributed by atoms with van der Waals surface area (Å²) in [5, 5.41) is 15.5. The molecule has 0 saturated carbocycles. The van der Waals surface area contributed by atoms with Crippen LogP contribution in [0.4, 0.5) is 4.79 Å². The van der Waals surface area contributed by atoms with Crippen molar-refractivity contribution in [3.63, 3.8) is 0 Å². The van der Waals surface area contributed by atoms with E-state index >= 15 is 0 Å². The Morgan fingerprint density at radius 3 is 2.00 bits per heavy atom. The van der Waals surface area contributed by atoms with Crippen LogP contribution in [0.5, 0.6) is 5.75 Å². The average Bonchev–Trinajstić information content (AvgIpc) is 2.77. The Bertz CT molecular complexity index is 1160. The molecule has 0 aliphatic heterocycles. The SMILES string of the molecule is Cc1ccc(C(C(=O)NC(C)(C)C)N(C(=O)C(Cc2ccc(O)cc2)NC(=O)OC(C)(C)C)C(C)C)cc1C. The predicted molar refractivity (Wildman–Crippen MR) is 154 cm³/mol. The average molecular weight is 540 g/mol. The van der Waals surface area contributed by atoms with Crippen LogP contribution in [-0.4, -0.2) is 51.1 Å². The van der Waals surface area contributed by atoms with Crippen LogP contribution in [0, 0.1) is 13.8 Å². The Balaban J connectivity index is 2.60. The zero-order valence-electron chi connectivity index (χ0n) is 25.0. The number of carbonyl (C=O) groups excluding carboxylic acids is 3. The molecule has 0 radical (unpaired) electrons. The Morgan fingerprint density at radius 1 is 0.923 bits per heavy atom. The van der Waals surface area contributed by atoms with Crippen molar-refractivity contribution in [1.82, 2.24) is 15.5 Å². The number of rotatable bonds is 8. The molecule has 3 amide bonds. The van der Waals surface area contributed by atoms with Crippen LogP contribution in [0.3, 0.4) is 0 Å². The highest BCUT2D eigenvalue weighted by Gasteiger charge is 2.39. The number of aryl methyl sites for hydroxylation is 2. The number of carbonyl (C=O) groups is 3. The molecule has 0 aromatic heterocycles. The van der Waals surface area contributed by atoms with Gasteiger partial charge < -0.3 is 25.4 Å². The summed E-state index contributed by atoms with van der Waals surface area (Å²) in [5.41, 5.74) is 2.21. The van der Waals surface area contributed by atoms with Crippen molar-refractivity contribution >= 4 is 17.9 Å². The third kappa shape index (κ3) is 9.61. The summed E-state index contributed by atoms with van der Waals surface area (Å²) in [6.45, 7) is 18.6. The summed E-state index contributed by atoms with van der Waals surface area (Å²) < 4.78 is 5.46. The number of hydrogen-bond donors (Lipinski definition) is 3. The fourth-order valence-electron chi connectivity index (χ4n) is 4.19. The maximum absolute atomic E-state index is 14.3. The first kappa shape index (κ1) is 31.7. The van der Waals surface area contributed by atoms with E-state index in [4.69, 9.17) is 4.74 Å². The van der Waals surface area contributed by atoms with Gasteiger partial charge in [-0.2, -0.15) is 0 Å². The molecule has 0 bridgehead atoms. The number of amides is 3. The second-order valence-corrected chi connectivity index (χ2v) is 12.4. The van der Waals surface area contributed by atoms with E-state index in [1.807, 2.05) is 66.7 Å². The predicted octanol–water partition coefficient (Wildman–Crippen LogP) is 5.34. The van der Waals surface area contributed by atoms with Gasteiger partial charge in [-0.25, -0.2) is 4.79 Å². The first-order chi connectivity index (χ1) is 17.9. The first-order valence-corrected chi connectivity index (χ1v) is 13.4. The molecule has 0 spiro atoms. The monoisotopic (exact) mass is 539 g/mol. The van der Waals surface area contributed by atoms with Crippen LogP contribution < -0.4 is 10.6 Å². The topological polar surface area (TPSA) is 108 Å². The summed E-state index contributed by atoms with van der Waals surface area (Å²) in [7, 11) is 0. The van der Waals surface area contributed by atoms with Gasteiger partial charge in [0.25, 0.3) is 0 Å². The molecular weight excluding hydrogens is 494 g/mol. The van der Waals surface area contributed by atoms with Crippen LogP contribution in [0.15, 0.2) is 42.5 Å². The normalized spacial score (nSPS) is 13.4. The zero-order chi connectivity index (χ0) is 29.7. The maximum atomic E-state index is 14.3. The maximum Gasteiger partial charge on any atom is 0.408 e. The van der Waals surface area contributed by atoms with Gasteiger partial charge in [0, 0.05) is 18.0 Å². The van der Waals surface area contributed by atoms with Crippen molar-refractivity contribution in [2.45, 2.75) is 105 Å². The van der Waals surface area contributed by atoms with Gasteiger partial charge in [0.2, 0.25) is 11.8 Å². The minimum Gasteiger partial charge on any atom is -0.508 e. The van der Waals surface area contributed by atoms with Gasteiger partial charge in [-0.1, -0.05) is 30.3 Å². The highest BCUT2D eigenvalue weighted by Crippen LogP contribution is 2.28. The molecule has 0 saturated heterocycles. The molecule has 214 valence electrons. The van der Waals surface area contributed by atoms with E-state index in [1.54, 1.807) is 32.9 Å². The van der Waals surface area contributed by atoms with Gasteiger partial charge in [-0.3, -0.25) is 9.59 Å². The minimum absolute atomic E-state index is 0.0965. The van der Waals surface area contributed by atoms with Gasteiger partial charge in [-0.15, -0.1) is 0 Å². The number of alkyl carbamates (subject to hydrolysis) is 1. The Kier molecular flexibility index (Phi) is 10.2. The molecule has 0 heterocycles. The van der Waals surface area contributed by atoms with Crippen LogP contribution in [0.1, 0.15) is 83.7 Å². The minimum atomic E-state index is -1.02. The van der Waals surface area contributed by atoms with E-state index < -0.39 is 35.2 Å². The number of aromatic hydroxyl groups is 1. The van der Waals surface area contributed by atoms with Crippen molar-refractivity contribution in [2.75, 3.05) is 0 Å². The van der Waals surface area contributed by atoms with E-state index in [-0.39, 0.29) is 24.1 Å². The van der Waals surface area contributed by atoms with E-state index in [2.05, 4.69) is 10.6 Å². The van der Waals surface area contributed by atoms with E-state index in [9.17, 15) is 19.5 Å². The van der Waals surface area contributed by atoms with Crippen LogP contribution in [-0.2, 0) is 20.7 Å². The van der Waals surface area contributed by atoms with Gasteiger partial charge in [-0.05, 0) is 104 Å². The Labute approximate surface area is 233 Å². The number of benzene rings is 2. The Morgan fingerprint density at radius 2 is 1.51 bits per heavy atom. The number of nitrogens with zero attached hydrogens (tertiary/aromatic N) is 1. The molecule has 39 heavy (non-hydrogen) atoms. The molecule has 8 heteroatoms. The zero-order valence-corrected chi connectivity index (χ0v) is 25.0. The number of phenolic OH excluding ortho intramolecular Hbond substituents is 1. The van der Waals surface area contributed by atoms with Crippen molar-refractivity contribution in [2.24, 2.45) is 0 Å². The lowest BCUT2D eigenvalue weighted by Gasteiger charge is -2.38. The molecule has 2 unspecified atom stereocenters. The second-order valence-electron chi connectivity index (χ2n) is 12.4. The quantitative estimate of drug-likeness (QED) is 0.420. The van der Waals surface area contributed by atoms with E-state index in [0.717, 1.165) is 16.7 Å². The molecule has 8 nitrogen and oxygen atoms in total. The van der Waals surface area contributed by atoms with Gasteiger partial charge in [0.1, 0.15) is 23.4 Å².